The third kappa shape index (κ3) is 3.48. The van der Waals surface area contributed by atoms with Crippen LogP contribution in [0.25, 0.3) is 10.9 Å². The summed E-state index contributed by atoms with van der Waals surface area (Å²) in [5, 5.41) is 5.34. The van der Waals surface area contributed by atoms with Gasteiger partial charge in [-0.3, -0.25) is 0 Å². The van der Waals surface area contributed by atoms with Gasteiger partial charge in [0.2, 0.25) is 0 Å². The van der Waals surface area contributed by atoms with Crippen LogP contribution in [-0.2, 0) is 0 Å². The van der Waals surface area contributed by atoms with E-state index >= 15 is 0 Å². The van der Waals surface area contributed by atoms with Gasteiger partial charge >= 0.3 is 0 Å². The maximum absolute atomic E-state index is 5.58. The lowest BCUT2D eigenvalue weighted by atomic mass is 10.1. The summed E-state index contributed by atoms with van der Waals surface area (Å²) >= 11 is 5.58. The molecular formula is C21H22N4S. The third-order valence-corrected chi connectivity index (χ3v) is 5.19. The highest BCUT2D eigenvalue weighted by atomic mass is 32.1. The van der Waals surface area contributed by atoms with Gasteiger partial charge in [0.1, 0.15) is 5.82 Å². The van der Waals surface area contributed by atoms with Gasteiger partial charge in [0.25, 0.3) is 0 Å². The van der Waals surface area contributed by atoms with Gasteiger partial charge < -0.3 is 15.1 Å². The first-order valence-electron chi connectivity index (χ1n) is 8.93. The molecule has 0 amide bonds. The summed E-state index contributed by atoms with van der Waals surface area (Å²) in [6, 6.07) is 20.6. The summed E-state index contributed by atoms with van der Waals surface area (Å²) in [5.74, 6) is 1.06. The van der Waals surface area contributed by atoms with Crippen LogP contribution in [0.4, 0.5) is 11.5 Å². The van der Waals surface area contributed by atoms with Crippen LogP contribution in [-0.4, -0.2) is 41.2 Å². The maximum Gasteiger partial charge on any atom is 0.173 e. The molecule has 2 aromatic carbocycles. The SMILES string of the molecule is Cc1cc(N2CCN(C(=S)Nc3ccccc3)CC2)nc2ccccc12. The number of piperazine rings is 1. The van der Waals surface area contributed by atoms with Crippen LogP contribution in [0.15, 0.2) is 60.7 Å². The van der Waals surface area contributed by atoms with E-state index in [0.29, 0.717) is 0 Å². The molecule has 0 bridgehead atoms. The number of aryl methyl sites for hydroxylation is 1. The molecule has 132 valence electrons. The van der Waals surface area contributed by atoms with Crippen LogP contribution in [0.3, 0.4) is 0 Å². The minimum atomic E-state index is 0.790. The Hall–Kier alpha value is -2.66. The van der Waals surface area contributed by atoms with E-state index in [1.165, 1.54) is 10.9 Å². The number of pyridine rings is 1. The molecule has 1 N–H and O–H groups in total. The number of aromatic nitrogens is 1. The van der Waals surface area contributed by atoms with Crippen molar-refractivity contribution in [2.75, 3.05) is 36.4 Å². The monoisotopic (exact) mass is 362 g/mol. The quantitative estimate of drug-likeness (QED) is 0.695. The number of rotatable bonds is 2. The number of hydrogen-bond acceptors (Lipinski definition) is 3. The highest BCUT2D eigenvalue weighted by Gasteiger charge is 2.20. The summed E-state index contributed by atoms with van der Waals surface area (Å²) in [7, 11) is 0. The molecule has 0 unspecified atom stereocenters. The summed E-state index contributed by atoms with van der Waals surface area (Å²) < 4.78 is 0. The van der Waals surface area contributed by atoms with Crippen molar-refractivity contribution in [2.45, 2.75) is 6.92 Å². The Morgan fingerprint density at radius 2 is 1.65 bits per heavy atom. The lowest BCUT2D eigenvalue weighted by Crippen LogP contribution is -2.50. The fraction of sp³-hybridized carbons (Fsp3) is 0.238. The first-order valence-corrected chi connectivity index (χ1v) is 9.34. The number of nitrogens with one attached hydrogen (secondary N) is 1. The zero-order chi connectivity index (χ0) is 17.9. The molecule has 1 saturated heterocycles. The van der Waals surface area contributed by atoms with Gasteiger partial charge in [0.15, 0.2) is 5.11 Å². The Labute approximate surface area is 159 Å². The molecule has 0 aliphatic carbocycles. The average Bonchev–Trinajstić information content (AvgIpc) is 2.69. The molecule has 1 fully saturated rings. The summed E-state index contributed by atoms with van der Waals surface area (Å²) in [6.45, 7) is 5.78. The minimum absolute atomic E-state index is 0.790. The molecular weight excluding hydrogens is 340 g/mol. The van der Waals surface area contributed by atoms with Crippen molar-refractivity contribution < 1.29 is 0 Å². The molecule has 5 heteroatoms. The second-order valence-electron chi connectivity index (χ2n) is 6.58. The second-order valence-corrected chi connectivity index (χ2v) is 6.97. The Morgan fingerprint density at radius 1 is 0.962 bits per heavy atom. The fourth-order valence-electron chi connectivity index (χ4n) is 3.36. The number of anilines is 2. The standard InChI is InChI=1S/C21H22N4S/c1-16-15-20(23-19-10-6-5-9-18(16)19)24-11-13-25(14-12-24)21(26)22-17-7-3-2-4-8-17/h2-10,15H,11-14H2,1H3,(H,22,26). The lowest BCUT2D eigenvalue weighted by molar-refractivity contribution is 0.389. The van der Waals surface area contributed by atoms with Crippen LogP contribution in [0.2, 0.25) is 0 Å². The molecule has 0 radical (unpaired) electrons. The lowest BCUT2D eigenvalue weighted by Gasteiger charge is -2.37. The summed E-state index contributed by atoms with van der Waals surface area (Å²) in [4.78, 5) is 9.43. The number of benzene rings is 2. The highest BCUT2D eigenvalue weighted by molar-refractivity contribution is 7.80. The van der Waals surface area contributed by atoms with Crippen molar-refractivity contribution in [2.24, 2.45) is 0 Å². The van der Waals surface area contributed by atoms with Crippen molar-refractivity contribution in [3.8, 4) is 0 Å². The van der Waals surface area contributed by atoms with Crippen LogP contribution in [0.5, 0.6) is 0 Å². The zero-order valence-corrected chi connectivity index (χ0v) is 15.7. The van der Waals surface area contributed by atoms with Crippen LogP contribution in [0.1, 0.15) is 5.56 Å². The Morgan fingerprint density at radius 3 is 2.42 bits per heavy atom. The highest BCUT2D eigenvalue weighted by Crippen LogP contribution is 2.23. The van der Waals surface area contributed by atoms with Crippen molar-refractivity contribution >= 4 is 39.7 Å². The molecule has 0 saturated carbocycles. The summed E-state index contributed by atoms with van der Waals surface area (Å²) in [5.41, 5.74) is 3.37. The van der Waals surface area contributed by atoms with E-state index in [0.717, 1.165) is 48.3 Å². The Balaban J connectivity index is 1.43. The van der Waals surface area contributed by atoms with Gasteiger partial charge in [0, 0.05) is 37.3 Å². The topological polar surface area (TPSA) is 31.4 Å². The first kappa shape index (κ1) is 16.8. The number of fused-ring (bicyclic) bond motifs is 1. The number of hydrogen-bond donors (Lipinski definition) is 1. The molecule has 0 atom stereocenters. The fourth-order valence-corrected chi connectivity index (χ4v) is 3.66. The van der Waals surface area contributed by atoms with Gasteiger partial charge in [-0.2, -0.15) is 0 Å². The van der Waals surface area contributed by atoms with E-state index in [1.54, 1.807) is 0 Å². The van der Waals surface area contributed by atoms with Gasteiger partial charge in [-0.15, -0.1) is 0 Å². The zero-order valence-electron chi connectivity index (χ0n) is 14.9. The van der Waals surface area contributed by atoms with Crippen molar-refractivity contribution in [1.82, 2.24) is 9.88 Å². The molecule has 26 heavy (non-hydrogen) atoms. The molecule has 4 nitrogen and oxygen atoms in total. The van der Waals surface area contributed by atoms with Crippen molar-refractivity contribution in [1.29, 1.82) is 0 Å². The number of thiocarbonyl (C=S) groups is 1. The molecule has 2 heterocycles. The summed E-state index contributed by atoms with van der Waals surface area (Å²) in [6.07, 6.45) is 0. The maximum atomic E-state index is 5.58. The van der Waals surface area contributed by atoms with E-state index in [-0.39, 0.29) is 0 Å². The molecule has 0 spiro atoms. The molecule has 1 aromatic heterocycles. The molecule has 3 aromatic rings. The normalized spacial score (nSPS) is 14.5. The molecule has 4 rings (SSSR count). The van der Waals surface area contributed by atoms with Gasteiger partial charge in [0.05, 0.1) is 5.52 Å². The average molecular weight is 363 g/mol. The van der Waals surface area contributed by atoms with E-state index in [4.69, 9.17) is 17.2 Å². The number of para-hydroxylation sites is 2. The van der Waals surface area contributed by atoms with E-state index in [1.807, 2.05) is 36.4 Å². The van der Waals surface area contributed by atoms with E-state index < -0.39 is 0 Å². The Bertz CT molecular complexity index is 918. The first-order chi connectivity index (χ1) is 12.7. The van der Waals surface area contributed by atoms with Gasteiger partial charge in [-0.25, -0.2) is 4.98 Å². The Kier molecular flexibility index (Phi) is 4.71. The van der Waals surface area contributed by atoms with Gasteiger partial charge in [-0.1, -0.05) is 36.4 Å². The molecule has 1 aliphatic heterocycles. The molecule has 1 aliphatic rings. The van der Waals surface area contributed by atoms with E-state index in [2.05, 4.69) is 46.3 Å². The van der Waals surface area contributed by atoms with Crippen LogP contribution in [0, 0.1) is 6.92 Å². The van der Waals surface area contributed by atoms with Gasteiger partial charge in [-0.05, 0) is 49.0 Å². The predicted octanol–water partition coefficient (Wildman–Crippen LogP) is 4.06. The third-order valence-electron chi connectivity index (χ3n) is 4.83. The largest absolute Gasteiger partial charge is 0.353 e. The van der Waals surface area contributed by atoms with Crippen LogP contribution >= 0.6 is 12.2 Å². The second kappa shape index (κ2) is 7.30. The number of nitrogens with zero attached hydrogens (tertiary/aromatic N) is 3. The van der Waals surface area contributed by atoms with Crippen molar-refractivity contribution in [3.63, 3.8) is 0 Å². The predicted molar refractivity (Wildman–Crippen MR) is 113 cm³/mol. The van der Waals surface area contributed by atoms with Crippen molar-refractivity contribution in [3.05, 3.63) is 66.2 Å². The smallest absolute Gasteiger partial charge is 0.173 e. The van der Waals surface area contributed by atoms with E-state index in [9.17, 15) is 0 Å². The minimum Gasteiger partial charge on any atom is -0.353 e. The van der Waals surface area contributed by atoms with Crippen LogP contribution < -0.4 is 10.2 Å².